The van der Waals surface area contributed by atoms with E-state index in [9.17, 15) is 0 Å². The smallest absolute Gasteiger partial charge is 0.0478 e. The second-order valence-corrected chi connectivity index (χ2v) is 7.18. The Balaban J connectivity index is 2.53. The highest BCUT2D eigenvalue weighted by Crippen LogP contribution is 2.25. The van der Waals surface area contributed by atoms with Gasteiger partial charge < -0.3 is 10.1 Å². The first-order chi connectivity index (χ1) is 8.86. The molecule has 0 aliphatic carbocycles. The number of hydrogen-bond donors (Lipinski definition) is 1. The van der Waals surface area contributed by atoms with E-state index in [1.165, 1.54) is 6.54 Å². The molecule has 1 N–H and O–H groups in total. The van der Waals surface area contributed by atoms with Crippen molar-refractivity contribution < 1.29 is 4.74 Å². The Morgan fingerprint density at radius 2 is 2.00 bits per heavy atom. The van der Waals surface area contributed by atoms with Crippen LogP contribution in [0.2, 0.25) is 0 Å². The van der Waals surface area contributed by atoms with Crippen molar-refractivity contribution in [2.24, 2.45) is 11.3 Å². The highest BCUT2D eigenvalue weighted by Gasteiger charge is 2.34. The van der Waals surface area contributed by atoms with Crippen molar-refractivity contribution in [1.82, 2.24) is 10.2 Å². The lowest BCUT2D eigenvalue weighted by atomic mass is 9.83. The summed E-state index contributed by atoms with van der Waals surface area (Å²) in [6.07, 6.45) is 1.15. The Labute approximate surface area is 120 Å². The van der Waals surface area contributed by atoms with Crippen LogP contribution in [-0.2, 0) is 4.74 Å². The minimum atomic E-state index is 0.333. The van der Waals surface area contributed by atoms with E-state index in [1.807, 2.05) is 0 Å². The van der Waals surface area contributed by atoms with Crippen LogP contribution in [0.4, 0.5) is 0 Å². The van der Waals surface area contributed by atoms with Crippen molar-refractivity contribution in [3.8, 4) is 0 Å². The predicted molar refractivity (Wildman–Crippen MR) is 82.6 cm³/mol. The molecule has 0 aromatic carbocycles. The third-order valence-corrected chi connectivity index (χ3v) is 4.21. The normalized spacial score (nSPS) is 26.1. The van der Waals surface area contributed by atoms with Gasteiger partial charge in [-0.1, -0.05) is 34.6 Å². The third kappa shape index (κ3) is 5.41. The first kappa shape index (κ1) is 16.9. The first-order valence-electron chi connectivity index (χ1n) is 7.91. The number of rotatable bonds is 6. The quantitative estimate of drug-likeness (QED) is 0.751. The maximum atomic E-state index is 5.47. The summed E-state index contributed by atoms with van der Waals surface area (Å²) in [5, 5.41) is 3.75. The number of ether oxygens (including phenoxy) is 1. The van der Waals surface area contributed by atoms with E-state index in [2.05, 4.69) is 51.8 Å². The minimum Gasteiger partial charge on any atom is -0.382 e. The SMILES string of the molecule is CCOCCCN1CC(C(C)(C)C)NCC1C(C)C. The molecule has 1 fully saturated rings. The largest absolute Gasteiger partial charge is 0.382 e. The predicted octanol–water partition coefficient (Wildman–Crippen LogP) is 2.76. The van der Waals surface area contributed by atoms with E-state index in [4.69, 9.17) is 4.74 Å². The number of nitrogens with one attached hydrogen (secondary N) is 1. The summed E-state index contributed by atoms with van der Waals surface area (Å²) in [4.78, 5) is 2.68. The molecule has 1 heterocycles. The lowest BCUT2D eigenvalue weighted by Gasteiger charge is -2.46. The molecule has 19 heavy (non-hydrogen) atoms. The first-order valence-corrected chi connectivity index (χ1v) is 7.91. The van der Waals surface area contributed by atoms with Crippen LogP contribution >= 0.6 is 0 Å². The molecule has 3 nitrogen and oxygen atoms in total. The van der Waals surface area contributed by atoms with Crippen LogP contribution < -0.4 is 5.32 Å². The van der Waals surface area contributed by atoms with Crippen molar-refractivity contribution in [3.63, 3.8) is 0 Å². The van der Waals surface area contributed by atoms with Gasteiger partial charge in [0, 0.05) is 44.9 Å². The maximum absolute atomic E-state index is 5.47. The molecule has 0 aromatic heterocycles. The third-order valence-electron chi connectivity index (χ3n) is 4.21. The fraction of sp³-hybridized carbons (Fsp3) is 1.00. The van der Waals surface area contributed by atoms with E-state index in [1.54, 1.807) is 0 Å². The molecule has 1 aliphatic rings. The summed E-state index contributed by atoms with van der Waals surface area (Å²) in [6, 6.07) is 1.26. The molecule has 1 saturated heterocycles. The summed E-state index contributed by atoms with van der Waals surface area (Å²) in [5.74, 6) is 0.709. The van der Waals surface area contributed by atoms with Gasteiger partial charge in [0.1, 0.15) is 0 Å². The van der Waals surface area contributed by atoms with Crippen LogP contribution in [0.1, 0.15) is 48.0 Å². The molecule has 2 unspecified atom stereocenters. The van der Waals surface area contributed by atoms with Crippen molar-refractivity contribution in [3.05, 3.63) is 0 Å². The number of piperazine rings is 1. The number of nitrogens with zero attached hydrogens (tertiary/aromatic N) is 1. The van der Waals surface area contributed by atoms with Crippen molar-refractivity contribution in [1.29, 1.82) is 0 Å². The van der Waals surface area contributed by atoms with E-state index >= 15 is 0 Å². The van der Waals surface area contributed by atoms with Gasteiger partial charge in [0.05, 0.1) is 0 Å². The average Bonchev–Trinajstić information content (AvgIpc) is 2.33. The molecule has 0 aromatic rings. The molecule has 0 spiro atoms. The number of hydrogen-bond acceptors (Lipinski definition) is 3. The summed E-state index contributed by atoms with van der Waals surface area (Å²) in [6.45, 7) is 18.9. The molecule has 1 rings (SSSR count). The summed E-state index contributed by atoms with van der Waals surface area (Å²) in [5.41, 5.74) is 0.333. The van der Waals surface area contributed by atoms with Gasteiger partial charge in [-0.05, 0) is 24.7 Å². The van der Waals surface area contributed by atoms with Gasteiger partial charge in [-0.15, -0.1) is 0 Å². The van der Waals surface area contributed by atoms with Gasteiger partial charge >= 0.3 is 0 Å². The Bertz CT molecular complexity index is 248. The Morgan fingerprint density at radius 3 is 2.53 bits per heavy atom. The van der Waals surface area contributed by atoms with Crippen LogP contribution in [0.25, 0.3) is 0 Å². The van der Waals surface area contributed by atoms with Crippen LogP contribution in [0.3, 0.4) is 0 Å². The average molecular weight is 270 g/mol. The lowest BCUT2D eigenvalue weighted by molar-refractivity contribution is 0.0520. The van der Waals surface area contributed by atoms with E-state index in [0.717, 1.165) is 32.7 Å². The minimum absolute atomic E-state index is 0.333. The Kier molecular flexibility index (Phi) is 6.78. The second kappa shape index (κ2) is 7.61. The zero-order chi connectivity index (χ0) is 14.5. The monoisotopic (exact) mass is 270 g/mol. The second-order valence-electron chi connectivity index (χ2n) is 7.18. The molecule has 0 bridgehead atoms. The summed E-state index contributed by atoms with van der Waals surface area (Å²) >= 11 is 0. The molecule has 0 radical (unpaired) electrons. The molecular weight excluding hydrogens is 236 g/mol. The van der Waals surface area contributed by atoms with Gasteiger partial charge in [-0.3, -0.25) is 4.90 Å². The molecule has 0 saturated carbocycles. The molecule has 3 heteroatoms. The standard InChI is InChI=1S/C16H34N2O/c1-7-19-10-8-9-18-12-15(16(4,5)6)17-11-14(18)13(2)3/h13-15,17H,7-12H2,1-6H3. The summed E-state index contributed by atoms with van der Waals surface area (Å²) < 4.78 is 5.47. The van der Waals surface area contributed by atoms with Gasteiger partial charge in [-0.25, -0.2) is 0 Å². The summed E-state index contributed by atoms with van der Waals surface area (Å²) in [7, 11) is 0. The van der Waals surface area contributed by atoms with Crippen molar-refractivity contribution >= 4 is 0 Å². The van der Waals surface area contributed by atoms with Gasteiger partial charge in [0.2, 0.25) is 0 Å². The van der Waals surface area contributed by atoms with Crippen molar-refractivity contribution in [2.45, 2.75) is 60.0 Å². The molecule has 114 valence electrons. The fourth-order valence-electron chi connectivity index (χ4n) is 2.84. The Morgan fingerprint density at radius 1 is 1.32 bits per heavy atom. The highest BCUT2D eigenvalue weighted by molar-refractivity contribution is 4.92. The lowest BCUT2D eigenvalue weighted by Crippen LogP contribution is -2.61. The fourth-order valence-corrected chi connectivity index (χ4v) is 2.84. The van der Waals surface area contributed by atoms with Crippen LogP contribution in [0.5, 0.6) is 0 Å². The van der Waals surface area contributed by atoms with E-state index in [-0.39, 0.29) is 0 Å². The maximum Gasteiger partial charge on any atom is 0.0478 e. The Hall–Kier alpha value is -0.120. The molecular formula is C16H34N2O. The molecule has 0 amide bonds. The highest BCUT2D eigenvalue weighted by atomic mass is 16.5. The van der Waals surface area contributed by atoms with Crippen molar-refractivity contribution in [2.75, 3.05) is 32.8 Å². The van der Waals surface area contributed by atoms with Gasteiger partial charge in [0.15, 0.2) is 0 Å². The van der Waals surface area contributed by atoms with Gasteiger partial charge in [0.25, 0.3) is 0 Å². The zero-order valence-electron chi connectivity index (χ0n) is 13.8. The molecule has 1 aliphatic heterocycles. The van der Waals surface area contributed by atoms with E-state index < -0.39 is 0 Å². The topological polar surface area (TPSA) is 24.5 Å². The zero-order valence-corrected chi connectivity index (χ0v) is 13.8. The van der Waals surface area contributed by atoms with E-state index in [0.29, 0.717) is 23.4 Å². The van der Waals surface area contributed by atoms with Gasteiger partial charge in [-0.2, -0.15) is 0 Å². The van der Waals surface area contributed by atoms with Crippen LogP contribution in [0.15, 0.2) is 0 Å². The molecule has 2 atom stereocenters. The van der Waals surface area contributed by atoms with Crippen LogP contribution in [0, 0.1) is 11.3 Å². The van der Waals surface area contributed by atoms with Crippen LogP contribution in [-0.4, -0.2) is 49.8 Å².